The van der Waals surface area contributed by atoms with Crippen molar-refractivity contribution >= 4 is 33.2 Å². The predicted octanol–water partition coefficient (Wildman–Crippen LogP) is 2.90. The molecule has 2 heterocycles. The lowest BCUT2D eigenvalue weighted by atomic mass is 10.0. The number of ether oxygens (including phenoxy) is 2. The Kier molecular flexibility index (Phi) is 7.50. The number of sulfonamides is 1. The number of amides is 1. The van der Waals surface area contributed by atoms with E-state index in [2.05, 4.69) is 10.0 Å². The second kappa shape index (κ2) is 10.4. The van der Waals surface area contributed by atoms with Gasteiger partial charge in [-0.1, -0.05) is 18.2 Å². The second-order valence-corrected chi connectivity index (χ2v) is 10.7. The summed E-state index contributed by atoms with van der Waals surface area (Å²) >= 11 is 0. The van der Waals surface area contributed by atoms with E-state index in [9.17, 15) is 18.3 Å². The third-order valence-corrected chi connectivity index (χ3v) is 6.77. The minimum absolute atomic E-state index is 0.225. The molecule has 2 aliphatic heterocycles. The minimum Gasteiger partial charge on any atom is -0.430 e. The Balaban J connectivity index is 1.67. The number of aliphatic hydroxyl groups is 1. The van der Waals surface area contributed by atoms with Crippen molar-refractivity contribution in [2.45, 2.75) is 44.9 Å². The van der Waals surface area contributed by atoms with Crippen LogP contribution in [0.3, 0.4) is 0 Å². The molecular weight excluding hydrogens is 472 g/mol. The van der Waals surface area contributed by atoms with Gasteiger partial charge < -0.3 is 19.5 Å². The number of benzene rings is 2. The van der Waals surface area contributed by atoms with E-state index in [-0.39, 0.29) is 12.3 Å². The Morgan fingerprint density at radius 1 is 1.14 bits per heavy atom. The molecule has 2 aromatic carbocycles. The highest BCUT2D eigenvalue weighted by Gasteiger charge is 2.36. The van der Waals surface area contributed by atoms with Gasteiger partial charge in [0.2, 0.25) is 16.4 Å². The fourth-order valence-electron chi connectivity index (χ4n) is 4.50. The fourth-order valence-corrected chi connectivity index (χ4v) is 5.06. The Bertz CT molecular complexity index is 1150. The normalized spacial score (nSPS) is 21.3. The third-order valence-electron chi connectivity index (χ3n) is 6.16. The van der Waals surface area contributed by atoms with Crippen molar-refractivity contribution in [2.24, 2.45) is 0 Å². The van der Waals surface area contributed by atoms with Crippen LogP contribution in [0.25, 0.3) is 11.1 Å². The van der Waals surface area contributed by atoms with E-state index in [4.69, 9.17) is 9.47 Å². The summed E-state index contributed by atoms with van der Waals surface area (Å²) in [4.78, 5) is 16.6. The summed E-state index contributed by atoms with van der Waals surface area (Å²) in [7, 11) is -1.95. The van der Waals surface area contributed by atoms with Gasteiger partial charge >= 0.3 is 6.09 Å². The van der Waals surface area contributed by atoms with Gasteiger partial charge in [-0.2, -0.15) is 0 Å². The molecule has 10 nitrogen and oxygen atoms in total. The molecule has 2 aromatic rings. The Morgan fingerprint density at radius 2 is 1.86 bits per heavy atom. The Morgan fingerprint density at radius 3 is 2.49 bits per heavy atom. The first kappa shape index (κ1) is 25.2. The molecule has 0 saturated carbocycles. The van der Waals surface area contributed by atoms with Gasteiger partial charge in [-0.25, -0.2) is 13.2 Å². The van der Waals surface area contributed by atoms with E-state index >= 15 is 0 Å². The number of carbonyl (C=O) groups excluding carboxylic acids is 1. The maximum atomic E-state index is 13.2. The molecule has 2 aliphatic rings. The molecule has 0 spiro atoms. The number of hydrogen-bond donors (Lipinski definition) is 3. The summed E-state index contributed by atoms with van der Waals surface area (Å²) in [5, 5.41) is 13.7. The van der Waals surface area contributed by atoms with Crippen molar-refractivity contribution in [1.82, 2.24) is 5.32 Å². The molecule has 4 rings (SSSR count). The topological polar surface area (TPSA) is 120 Å². The van der Waals surface area contributed by atoms with Crippen LogP contribution in [-0.4, -0.2) is 64.8 Å². The highest BCUT2D eigenvalue weighted by molar-refractivity contribution is 7.92. The van der Waals surface area contributed by atoms with Gasteiger partial charge in [-0.15, -0.1) is 0 Å². The number of fused-ring (bicyclic) bond motifs is 1. The first-order chi connectivity index (χ1) is 16.7. The monoisotopic (exact) mass is 504 g/mol. The number of hydrogen-bond acceptors (Lipinski definition) is 8. The molecule has 1 amide bonds. The number of anilines is 3. The zero-order valence-electron chi connectivity index (χ0n) is 20.1. The summed E-state index contributed by atoms with van der Waals surface area (Å²) in [6.45, 7) is 3.03. The van der Waals surface area contributed by atoms with Gasteiger partial charge in [-0.05, 0) is 68.1 Å². The number of rotatable bonds is 6. The van der Waals surface area contributed by atoms with Crippen LogP contribution in [-0.2, 0) is 19.5 Å². The van der Waals surface area contributed by atoms with Crippen molar-refractivity contribution in [1.29, 1.82) is 0 Å². The van der Waals surface area contributed by atoms with Crippen molar-refractivity contribution in [3.63, 3.8) is 0 Å². The van der Waals surface area contributed by atoms with Crippen LogP contribution < -0.4 is 19.8 Å². The van der Waals surface area contributed by atoms with Crippen molar-refractivity contribution in [3.8, 4) is 11.1 Å². The number of nitrogens with zero attached hydrogens (tertiary/aromatic N) is 2. The van der Waals surface area contributed by atoms with Crippen molar-refractivity contribution in [3.05, 3.63) is 42.5 Å². The number of piperidine rings is 1. The van der Waals surface area contributed by atoms with E-state index in [1.807, 2.05) is 25.1 Å². The minimum atomic E-state index is -3.37. The van der Waals surface area contributed by atoms with Crippen LogP contribution in [0.15, 0.2) is 42.5 Å². The standard InChI is InChI=1S/C24H32N4O6S/c1-16-15-27(23(29)34-22-6-4-5-13-25-22)21-14-18(9-12-20(21)28(16)24(30)33-2)17-7-10-19(11-8-17)26-35(3,31)32/h7-12,14,16,22,24-26,30H,4-6,13,15H2,1-3H3/t16-,22?,24?/m0/s1. The molecule has 0 aromatic heterocycles. The van der Waals surface area contributed by atoms with E-state index in [1.54, 1.807) is 34.1 Å². The van der Waals surface area contributed by atoms with Gasteiger partial charge in [0, 0.05) is 25.4 Å². The molecule has 1 fully saturated rings. The largest absolute Gasteiger partial charge is 0.430 e. The molecule has 11 heteroatoms. The van der Waals surface area contributed by atoms with Crippen molar-refractivity contribution < 1.29 is 27.8 Å². The fraction of sp³-hybridized carbons (Fsp3) is 0.458. The number of nitrogens with one attached hydrogen (secondary N) is 2. The second-order valence-electron chi connectivity index (χ2n) is 8.91. The van der Waals surface area contributed by atoms with Crippen LogP contribution in [0.1, 0.15) is 26.2 Å². The average Bonchev–Trinajstić information content (AvgIpc) is 2.83. The van der Waals surface area contributed by atoms with Crippen LogP contribution in [0, 0.1) is 0 Å². The van der Waals surface area contributed by atoms with Gasteiger partial charge in [0.25, 0.3) is 0 Å². The molecule has 190 valence electrons. The average molecular weight is 505 g/mol. The molecule has 0 bridgehead atoms. The van der Waals surface area contributed by atoms with Crippen LogP contribution in [0.2, 0.25) is 0 Å². The summed E-state index contributed by atoms with van der Waals surface area (Å²) in [5.41, 5.74) is 3.36. The van der Waals surface area contributed by atoms with E-state index in [0.29, 0.717) is 23.6 Å². The lowest BCUT2D eigenvalue weighted by Gasteiger charge is -2.43. The summed E-state index contributed by atoms with van der Waals surface area (Å²) < 4.78 is 36.4. The zero-order chi connectivity index (χ0) is 25.2. The molecular formula is C24H32N4O6S. The summed E-state index contributed by atoms with van der Waals surface area (Å²) in [6, 6.07) is 12.3. The highest BCUT2D eigenvalue weighted by Crippen LogP contribution is 2.40. The smallest absolute Gasteiger partial charge is 0.416 e. The Hall–Kier alpha value is -2.86. The van der Waals surface area contributed by atoms with Crippen LogP contribution in [0.5, 0.6) is 0 Å². The molecule has 0 aliphatic carbocycles. The molecule has 0 radical (unpaired) electrons. The SMILES string of the molecule is COC(O)N1c2ccc(-c3ccc(NS(C)(=O)=O)cc3)cc2N(C(=O)OC2CCCCN2)C[C@@H]1C. The van der Waals surface area contributed by atoms with E-state index in [1.165, 1.54) is 7.11 Å². The van der Waals surface area contributed by atoms with E-state index < -0.39 is 22.5 Å². The van der Waals surface area contributed by atoms with Gasteiger partial charge in [0.1, 0.15) is 0 Å². The van der Waals surface area contributed by atoms with E-state index in [0.717, 1.165) is 43.2 Å². The maximum Gasteiger partial charge on any atom is 0.416 e. The van der Waals surface area contributed by atoms with Gasteiger partial charge in [0.05, 0.1) is 17.6 Å². The number of aliphatic hydroxyl groups excluding tert-OH is 1. The summed E-state index contributed by atoms with van der Waals surface area (Å²) in [6.07, 6.45) is 1.98. The molecule has 35 heavy (non-hydrogen) atoms. The zero-order valence-corrected chi connectivity index (χ0v) is 20.9. The molecule has 3 N–H and O–H groups in total. The van der Waals surface area contributed by atoms with Gasteiger partial charge in [0.15, 0.2) is 6.23 Å². The quantitative estimate of drug-likeness (QED) is 0.514. The van der Waals surface area contributed by atoms with Gasteiger partial charge in [-0.3, -0.25) is 14.9 Å². The Labute approximate surface area is 205 Å². The first-order valence-electron chi connectivity index (χ1n) is 11.6. The maximum absolute atomic E-state index is 13.2. The predicted molar refractivity (Wildman–Crippen MR) is 135 cm³/mol. The van der Waals surface area contributed by atoms with Crippen LogP contribution >= 0.6 is 0 Å². The number of methoxy groups -OCH3 is 1. The van der Waals surface area contributed by atoms with Crippen LogP contribution in [0.4, 0.5) is 21.9 Å². The highest BCUT2D eigenvalue weighted by atomic mass is 32.2. The lowest BCUT2D eigenvalue weighted by molar-refractivity contribution is -0.0786. The molecule has 2 unspecified atom stereocenters. The first-order valence-corrected chi connectivity index (χ1v) is 13.5. The lowest BCUT2D eigenvalue weighted by Crippen LogP contribution is -2.55. The summed E-state index contributed by atoms with van der Waals surface area (Å²) in [5.74, 6) is 0. The third kappa shape index (κ3) is 5.87. The molecule has 1 saturated heterocycles. The molecule has 3 atom stereocenters. The number of carbonyl (C=O) groups is 1. The van der Waals surface area contributed by atoms with Crippen molar-refractivity contribution in [2.75, 3.05) is 41.0 Å².